The molecule has 0 radical (unpaired) electrons. The maximum atomic E-state index is 13.9. The highest BCUT2D eigenvalue weighted by molar-refractivity contribution is 6.03. The number of aliphatic imine (C=N–C) groups is 1. The number of fused-ring (bicyclic) bond motifs is 1. The average Bonchev–Trinajstić information content (AvgIpc) is 3.23. The summed E-state index contributed by atoms with van der Waals surface area (Å²) < 4.78 is 57.7. The summed E-state index contributed by atoms with van der Waals surface area (Å²) in [5.74, 6) is -2.14. The van der Waals surface area contributed by atoms with Crippen LogP contribution in [-0.4, -0.2) is 97.9 Å². The number of benzene rings is 3. The van der Waals surface area contributed by atoms with Crippen molar-refractivity contribution in [2.75, 3.05) is 13.2 Å². The lowest BCUT2D eigenvalue weighted by Gasteiger charge is -2.49. The smallest absolute Gasteiger partial charge is 0.311 e. The Balaban J connectivity index is 1.44. The van der Waals surface area contributed by atoms with Gasteiger partial charge in [-0.1, -0.05) is 112 Å². The maximum Gasteiger partial charge on any atom is 0.311 e. The number of nitrogens with one attached hydrogen (secondary N) is 1. The van der Waals surface area contributed by atoms with Crippen LogP contribution < -0.4 is 5.32 Å². The topological polar surface area (TPSA) is 176 Å². The van der Waals surface area contributed by atoms with Crippen LogP contribution in [0.5, 0.6) is 0 Å². The van der Waals surface area contributed by atoms with E-state index in [0.717, 1.165) is 11.1 Å². The third-order valence-corrected chi connectivity index (χ3v) is 10.3. The summed E-state index contributed by atoms with van der Waals surface area (Å²) in [6, 6.07) is 27.0. The van der Waals surface area contributed by atoms with Crippen molar-refractivity contribution in [3.63, 3.8) is 0 Å². The van der Waals surface area contributed by atoms with Crippen LogP contribution >= 0.6 is 0 Å². The Hall–Kier alpha value is -4.87. The summed E-state index contributed by atoms with van der Waals surface area (Å²) in [4.78, 5) is 57.7. The van der Waals surface area contributed by atoms with Crippen molar-refractivity contribution < 1.29 is 61.8 Å². The summed E-state index contributed by atoms with van der Waals surface area (Å²) >= 11 is 0. The van der Waals surface area contributed by atoms with Gasteiger partial charge in [0.15, 0.2) is 18.7 Å². The van der Waals surface area contributed by atoms with Gasteiger partial charge in [-0.25, -0.2) is 4.99 Å². The second-order valence-corrected chi connectivity index (χ2v) is 17.6. The van der Waals surface area contributed by atoms with Gasteiger partial charge in [-0.05, 0) is 31.9 Å². The second-order valence-electron chi connectivity index (χ2n) is 17.6. The van der Waals surface area contributed by atoms with Crippen molar-refractivity contribution >= 4 is 29.5 Å². The molecule has 2 unspecified atom stereocenters. The van der Waals surface area contributed by atoms with Crippen molar-refractivity contribution in [3.8, 4) is 0 Å². The van der Waals surface area contributed by atoms with Crippen molar-refractivity contribution in [2.45, 2.75) is 130 Å². The van der Waals surface area contributed by atoms with E-state index in [1.165, 1.54) is 13.8 Å². The SMILES string of the molecule is CC(=O)N[C@H]1[C@@H](OCc2ccccc2)O[C@H](COC(C)=O)[C@@H](OC2O[C@@H]3COC(c4ccccc4)O[C@H]3[C@H](OC(=O)C(C)(C)C)C2=NC(=O)C(C)(C)C)[C@@H]1OCc1ccccc1. The maximum absolute atomic E-state index is 13.9. The fraction of sp³-hybridized carbons (Fsp3) is 0.511. The highest BCUT2D eigenvalue weighted by Gasteiger charge is 2.55. The normalized spacial score (nSPS) is 28.4. The minimum Gasteiger partial charge on any atom is -0.463 e. The van der Waals surface area contributed by atoms with Crippen LogP contribution in [0.15, 0.2) is 96.0 Å². The van der Waals surface area contributed by atoms with Crippen LogP contribution in [0.3, 0.4) is 0 Å². The Kier molecular flexibility index (Phi) is 15.4. The number of esters is 2. The minimum absolute atomic E-state index is 0.0238. The van der Waals surface area contributed by atoms with Gasteiger partial charge in [0.2, 0.25) is 12.2 Å². The third-order valence-electron chi connectivity index (χ3n) is 10.3. The number of hydrogen-bond donors (Lipinski definition) is 1. The second kappa shape index (κ2) is 20.5. The molecule has 0 aromatic heterocycles. The predicted octanol–water partition coefficient (Wildman–Crippen LogP) is 5.78. The minimum atomic E-state index is -1.52. The molecule has 3 aliphatic rings. The average molecular weight is 859 g/mol. The zero-order valence-electron chi connectivity index (χ0n) is 36.5. The van der Waals surface area contributed by atoms with Gasteiger partial charge in [0.1, 0.15) is 48.9 Å². The van der Waals surface area contributed by atoms with E-state index in [1.807, 2.05) is 91.0 Å². The van der Waals surface area contributed by atoms with E-state index in [9.17, 15) is 19.2 Å². The molecule has 0 bridgehead atoms. The van der Waals surface area contributed by atoms with Gasteiger partial charge in [0, 0.05) is 24.8 Å². The molecule has 3 aliphatic heterocycles. The summed E-state index contributed by atoms with van der Waals surface area (Å²) in [6.07, 6.45) is -10.1. The molecular weight excluding hydrogens is 801 g/mol. The summed E-state index contributed by atoms with van der Waals surface area (Å²) in [6.45, 7) is 12.7. The largest absolute Gasteiger partial charge is 0.463 e. The van der Waals surface area contributed by atoms with Gasteiger partial charge in [0.25, 0.3) is 5.91 Å². The molecule has 334 valence electrons. The molecule has 3 saturated heterocycles. The van der Waals surface area contributed by atoms with Crippen molar-refractivity contribution in [3.05, 3.63) is 108 Å². The van der Waals surface area contributed by atoms with Crippen LogP contribution in [0.25, 0.3) is 0 Å². The molecule has 15 nitrogen and oxygen atoms in total. The standard InChI is InChI=1S/C47H58N2O13/c1-28(50)48-35-39(55-24-30-18-12-9-13-19-30)37(33(26-54-29(2)51)58-42(35)56-25-31-20-14-10-15-21-31)61-43-36(49-44(52)46(3,4)5)40(62-45(53)47(6,7)8)38-34(59-43)27-57-41(60-38)32-22-16-11-17-23-32/h9-23,33-35,37-43H,24-27H2,1-8H3,(H,48,50)/t33-,34-,35-,37-,38-,39-,40-,41?,42+,43?/m1/s1. The molecule has 0 spiro atoms. The predicted molar refractivity (Wildman–Crippen MR) is 224 cm³/mol. The number of hydrogen-bond acceptors (Lipinski definition) is 13. The quantitative estimate of drug-likeness (QED) is 0.205. The van der Waals surface area contributed by atoms with Gasteiger partial charge in [-0.15, -0.1) is 0 Å². The number of nitrogens with zero attached hydrogens (tertiary/aromatic N) is 1. The van der Waals surface area contributed by atoms with Crippen molar-refractivity contribution in [2.24, 2.45) is 15.8 Å². The fourth-order valence-corrected chi connectivity index (χ4v) is 6.96. The number of amides is 2. The molecule has 3 heterocycles. The highest BCUT2D eigenvalue weighted by Crippen LogP contribution is 2.38. The first-order valence-electron chi connectivity index (χ1n) is 20.8. The molecule has 0 aliphatic carbocycles. The first-order valence-corrected chi connectivity index (χ1v) is 20.8. The Bertz CT molecular complexity index is 2000. The van der Waals surface area contributed by atoms with E-state index >= 15 is 0 Å². The molecule has 0 saturated carbocycles. The first kappa shape index (κ1) is 46.6. The van der Waals surface area contributed by atoms with Gasteiger partial charge in [-0.2, -0.15) is 0 Å². The van der Waals surface area contributed by atoms with E-state index < -0.39 is 96.1 Å². The molecule has 10 atom stereocenters. The molecule has 62 heavy (non-hydrogen) atoms. The lowest BCUT2D eigenvalue weighted by Crippen LogP contribution is -2.68. The number of carbonyl (C=O) groups excluding carboxylic acids is 4. The Morgan fingerprint density at radius 1 is 0.742 bits per heavy atom. The Morgan fingerprint density at radius 3 is 1.90 bits per heavy atom. The van der Waals surface area contributed by atoms with E-state index in [2.05, 4.69) is 10.3 Å². The summed E-state index contributed by atoms with van der Waals surface area (Å²) in [5.41, 5.74) is 0.328. The molecule has 1 N–H and O–H groups in total. The molecule has 3 aromatic carbocycles. The fourth-order valence-electron chi connectivity index (χ4n) is 6.96. The molecule has 6 rings (SSSR count). The summed E-state index contributed by atoms with van der Waals surface area (Å²) in [5, 5.41) is 2.95. The van der Waals surface area contributed by atoms with Gasteiger partial charge in [0.05, 0.1) is 25.2 Å². The molecule has 2 amide bonds. The number of rotatable bonds is 13. The molecular formula is C47H58N2O13. The van der Waals surface area contributed by atoms with Crippen LogP contribution in [0.1, 0.15) is 78.4 Å². The van der Waals surface area contributed by atoms with Crippen LogP contribution in [0.4, 0.5) is 0 Å². The Labute approximate surface area is 362 Å². The van der Waals surface area contributed by atoms with E-state index in [1.54, 1.807) is 41.5 Å². The lowest BCUT2D eigenvalue weighted by molar-refractivity contribution is -0.336. The highest BCUT2D eigenvalue weighted by atomic mass is 16.8. The zero-order valence-corrected chi connectivity index (χ0v) is 36.5. The van der Waals surface area contributed by atoms with E-state index in [4.69, 9.17) is 42.6 Å². The van der Waals surface area contributed by atoms with E-state index in [0.29, 0.717) is 5.56 Å². The molecule has 3 aromatic rings. The monoisotopic (exact) mass is 858 g/mol. The first-order chi connectivity index (χ1) is 29.5. The van der Waals surface area contributed by atoms with Crippen molar-refractivity contribution in [1.82, 2.24) is 5.32 Å². The van der Waals surface area contributed by atoms with Gasteiger partial charge >= 0.3 is 11.9 Å². The number of carbonyl (C=O) groups is 4. The van der Waals surface area contributed by atoms with Gasteiger partial charge in [-0.3, -0.25) is 19.2 Å². The zero-order chi connectivity index (χ0) is 44.6. The molecule has 15 heteroatoms. The van der Waals surface area contributed by atoms with E-state index in [-0.39, 0.29) is 32.1 Å². The molecule has 3 fully saturated rings. The van der Waals surface area contributed by atoms with Crippen LogP contribution in [-0.2, 0) is 75.0 Å². The lowest BCUT2D eigenvalue weighted by atomic mass is 9.93. The van der Waals surface area contributed by atoms with Crippen molar-refractivity contribution in [1.29, 1.82) is 0 Å². The van der Waals surface area contributed by atoms with Gasteiger partial charge < -0.3 is 47.9 Å². The van der Waals surface area contributed by atoms with Crippen LogP contribution in [0.2, 0.25) is 0 Å². The van der Waals surface area contributed by atoms with Crippen LogP contribution in [0, 0.1) is 10.8 Å². The third kappa shape index (κ3) is 12.2. The summed E-state index contributed by atoms with van der Waals surface area (Å²) in [7, 11) is 0. The number of ether oxygens (including phenoxy) is 9. The Morgan fingerprint density at radius 2 is 1.34 bits per heavy atom.